The molecule has 45 heavy (non-hydrogen) atoms. The van der Waals surface area contributed by atoms with Gasteiger partial charge >= 0.3 is 6.29 Å². The summed E-state index contributed by atoms with van der Waals surface area (Å²) in [5.41, 5.74) is 1.60. The molecule has 0 amide bonds. The van der Waals surface area contributed by atoms with Gasteiger partial charge in [-0.25, -0.2) is 25.8 Å². The summed E-state index contributed by atoms with van der Waals surface area (Å²) in [6.45, 7) is 7.19. The van der Waals surface area contributed by atoms with Crippen molar-refractivity contribution in [3.05, 3.63) is 90.8 Å². The van der Waals surface area contributed by atoms with Gasteiger partial charge in [0.1, 0.15) is 0 Å². The lowest BCUT2D eigenvalue weighted by Crippen LogP contribution is -2.42. The van der Waals surface area contributed by atoms with Crippen LogP contribution in [-0.2, 0) is 20.0 Å². The van der Waals surface area contributed by atoms with Crippen molar-refractivity contribution < 1.29 is 35.1 Å². The monoisotopic (exact) mass is 653 g/mol. The number of pyridine rings is 1. The molecule has 0 spiro atoms. The number of aromatic nitrogens is 2. The highest BCUT2D eigenvalue weighted by atomic mass is 32.2. The van der Waals surface area contributed by atoms with E-state index in [1.54, 1.807) is 51.1 Å². The minimum Gasteiger partial charge on any atom is -0.395 e. The van der Waals surface area contributed by atoms with Gasteiger partial charge in [-0.3, -0.25) is 0 Å². The average molecular weight is 654 g/mol. The van der Waals surface area contributed by atoms with Crippen LogP contribution in [0.15, 0.2) is 95.0 Å². The summed E-state index contributed by atoms with van der Waals surface area (Å²) >= 11 is 0. The van der Waals surface area contributed by atoms with Gasteiger partial charge in [-0.15, -0.1) is 8.78 Å². The second-order valence-corrected chi connectivity index (χ2v) is 15.5. The molecule has 3 heterocycles. The van der Waals surface area contributed by atoms with E-state index in [0.717, 1.165) is 9.54 Å². The Balaban J connectivity index is 1.57. The number of hydrogen-bond donors (Lipinski definition) is 0. The summed E-state index contributed by atoms with van der Waals surface area (Å²) in [7, 11) is -6.54. The minimum atomic E-state index is -4.18. The summed E-state index contributed by atoms with van der Waals surface area (Å²) < 4.78 is 94.6. The van der Waals surface area contributed by atoms with E-state index >= 15 is 0 Å². The Morgan fingerprint density at radius 2 is 1.53 bits per heavy atom. The maximum absolute atomic E-state index is 14.1. The smallest absolute Gasteiger partial charge is 0.395 e. The number of rotatable bonds is 6. The molecule has 1 aliphatic rings. The molecule has 0 bridgehead atoms. The number of fused-ring (bicyclic) bond motifs is 2. The van der Waals surface area contributed by atoms with Crippen LogP contribution in [0, 0.1) is 6.92 Å². The highest BCUT2D eigenvalue weighted by molar-refractivity contribution is 7.90. The first-order valence-electron chi connectivity index (χ1n) is 13.8. The number of benzene rings is 3. The van der Waals surface area contributed by atoms with Crippen molar-refractivity contribution in [3.63, 3.8) is 0 Å². The summed E-state index contributed by atoms with van der Waals surface area (Å²) in [5, 5.41) is 0.301. The lowest BCUT2D eigenvalue weighted by atomic mass is 10.0. The highest BCUT2D eigenvalue weighted by Crippen LogP contribution is 2.49. The van der Waals surface area contributed by atoms with E-state index in [-0.39, 0.29) is 38.1 Å². The standard InChI is InChI=1S/C32H29F2N3O6S2/c1-20-12-14-23(15-13-20)45(40,41)37-19-27(25-10-7-11-28-29(25)43-32(33,34)42-28)26-17-22(18-35-30(26)37)21-8-6-9-24(16-21)44(38,39)36(5)31(2,3)4/h6-19H,1-5H3. The largest absolute Gasteiger partial charge is 0.586 e. The molecular weight excluding hydrogens is 624 g/mol. The number of halogens is 2. The summed E-state index contributed by atoms with van der Waals surface area (Å²) in [6, 6.07) is 18.6. The average Bonchev–Trinajstić information content (AvgIpc) is 3.52. The Kier molecular flexibility index (Phi) is 7.06. The fraction of sp³-hybridized carbons (Fsp3) is 0.219. The van der Waals surface area contributed by atoms with Gasteiger partial charge in [-0.2, -0.15) is 4.31 Å². The van der Waals surface area contributed by atoms with Gasteiger partial charge in [0.2, 0.25) is 10.0 Å². The third-order valence-electron chi connectivity index (χ3n) is 7.68. The first-order valence-corrected chi connectivity index (χ1v) is 16.7. The van der Waals surface area contributed by atoms with E-state index < -0.39 is 31.9 Å². The Morgan fingerprint density at radius 1 is 0.844 bits per heavy atom. The molecule has 2 aromatic heterocycles. The van der Waals surface area contributed by atoms with Gasteiger partial charge in [0.25, 0.3) is 10.0 Å². The van der Waals surface area contributed by atoms with Crippen molar-refractivity contribution in [2.24, 2.45) is 0 Å². The molecule has 0 atom stereocenters. The van der Waals surface area contributed by atoms with Crippen LogP contribution in [0.2, 0.25) is 0 Å². The third kappa shape index (κ3) is 5.34. The number of nitrogens with zero attached hydrogens (tertiary/aromatic N) is 3. The first kappa shape index (κ1) is 30.7. The number of para-hydroxylation sites is 1. The predicted octanol–water partition coefficient (Wildman–Crippen LogP) is 6.66. The lowest BCUT2D eigenvalue weighted by molar-refractivity contribution is -0.286. The molecule has 1 aliphatic heterocycles. The summed E-state index contributed by atoms with van der Waals surface area (Å²) in [4.78, 5) is 4.57. The molecule has 0 fully saturated rings. The van der Waals surface area contributed by atoms with E-state index in [1.807, 2.05) is 6.92 Å². The van der Waals surface area contributed by atoms with Crippen LogP contribution in [0.5, 0.6) is 11.5 Å². The van der Waals surface area contributed by atoms with Crippen molar-refractivity contribution >= 4 is 31.1 Å². The van der Waals surface area contributed by atoms with E-state index in [1.165, 1.54) is 66.2 Å². The molecular formula is C32H29F2N3O6S2. The SMILES string of the molecule is Cc1ccc(S(=O)(=O)n2cc(-c3cccc4c3OC(F)(F)O4)c3cc(-c4cccc(S(=O)(=O)N(C)C(C)(C)C)c4)cnc32)cc1. The van der Waals surface area contributed by atoms with Crippen LogP contribution in [0.1, 0.15) is 26.3 Å². The van der Waals surface area contributed by atoms with Gasteiger partial charge in [0, 0.05) is 47.1 Å². The second kappa shape index (κ2) is 10.4. The number of aryl methyl sites for hydroxylation is 1. The number of hydrogen-bond acceptors (Lipinski definition) is 7. The zero-order valence-electron chi connectivity index (χ0n) is 24.9. The minimum absolute atomic E-state index is 0.00714. The molecule has 5 aromatic rings. The molecule has 13 heteroatoms. The van der Waals surface area contributed by atoms with Gasteiger partial charge < -0.3 is 9.47 Å². The Hall–Kier alpha value is -4.33. The van der Waals surface area contributed by atoms with Crippen LogP contribution in [0.3, 0.4) is 0 Å². The van der Waals surface area contributed by atoms with Gasteiger partial charge in [-0.1, -0.05) is 42.0 Å². The molecule has 0 saturated heterocycles. The molecule has 0 saturated carbocycles. The number of ether oxygens (including phenoxy) is 2. The second-order valence-electron chi connectivity index (χ2n) is 11.7. The predicted molar refractivity (Wildman–Crippen MR) is 165 cm³/mol. The van der Waals surface area contributed by atoms with Crippen molar-refractivity contribution in [1.82, 2.24) is 13.3 Å². The summed E-state index contributed by atoms with van der Waals surface area (Å²) in [6.07, 6.45) is -1.15. The van der Waals surface area contributed by atoms with Crippen molar-refractivity contribution in [1.29, 1.82) is 0 Å². The first-order chi connectivity index (χ1) is 21.0. The molecule has 0 N–H and O–H groups in total. The van der Waals surface area contributed by atoms with Gasteiger partial charge in [0.15, 0.2) is 17.1 Å². The summed E-state index contributed by atoms with van der Waals surface area (Å²) in [5.74, 6) is -0.456. The van der Waals surface area contributed by atoms with Crippen molar-refractivity contribution in [2.45, 2.75) is 49.3 Å². The van der Waals surface area contributed by atoms with Crippen LogP contribution >= 0.6 is 0 Å². The van der Waals surface area contributed by atoms with E-state index in [0.29, 0.717) is 16.5 Å². The number of alkyl halides is 2. The Morgan fingerprint density at radius 3 is 2.22 bits per heavy atom. The molecule has 0 unspecified atom stereocenters. The maximum atomic E-state index is 14.1. The normalized spacial score (nSPS) is 14.8. The fourth-order valence-corrected chi connectivity index (χ4v) is 7.88. The molecule has 0 aliphatic carbocycles. The maximum Gasteiger partial charge on any atom is 0.586 e. The molecule has 3 aromatic carbocycles. The van der Waals surface area contributed by atoms with Crippen LogP contribution < -0.4 is 9.47 Å². The van der Waals surface area contributed by atoms with Gasteiger partial charge in [0.05, 0.1) is 9.79 Å². The zero-order chi connectivity index (χ0) is 32.5. The van der Waals surface area contributed by atoms with E-state index in [2.05, 4.69) is 9.72 Å². The number of sulfonamides is 1. The van der Waals surface area contributed by atoms with Crippen LogP contribution in [0.25, 0.3) is 33.3 Å². The van der Waals surface area contributed by atoms with Crippen molar-refractivity contribution in [3.8, 4) is 33.8 Å². The topological polar surface area (TPSA) is 108 Å². The third-order valence-corrected chi connectivity index (χ3v) is 11.5. The fourth-order valence-electron chi connectivity index (χ4n) is 4.99. The highest BCUT2D eigenvalue weighted by Gasteiger charge is 2.45. The molecule has 234 valence electrons. The van der Waals surface area contributed by atoms with Crippen LogP contribution in [-0.4, -0.2) is 49.0 Å². The van der Waals surface area contributed by atoms with Gasteiger partial charge in [-0.05, 0) is 69.7 Å². The van der Waals surface area contributed by atoms with E-state index in [4.69, 9.17) is 4.74 Å². The molecule has 9 nitrogen and oxygen atoms in total. The zero-order valence-corrected chi connectivity index (χ0v) is 26.6. The van der Waals surface area contributed by atoms with Crippen LogP contribution in [0.4, 0.5) is 8.78 Å². The molecule has 0 radical (unpaired) electrons. The quantitative estimate of drug-likeness (QED) is 0.202. The van der Waals surface area contributed by atoms with E-state index in [9.17, 15) is 25.6 Å². The Labute approximate surface area is 259 Å². The lowest BCUT2D eigenvalue weighted by Gasteiger charge is -2.31. The van der Waals surface area contributed by atoms with Crippen molar-refractivity contribution in [2.75, 3.05) is 7.05 Å². The Bertz CT molecular complexity index is 2190. The molecule has 6 rings (SSSR count).